The molecule has 8 heteroatoms. The number of rotatable bonds is 7. The third kappa shape index (κ3) is 4.77. The van der Waals surface area contributed by atoms with Gasteiger partial charge in [0.2, 0.25) is 0 Å². The highest BCUT2D eigenvalue weighted by Gasteiger charge is 2.34. The van der Waals surface area contributed by atoms with Crippen LogP contribution >= 0.6 is 11.6 Å². The molecule has 0 spiro atoms. The standard InChI is InChI=1S/C18H17ClFN3O3/c19-13-3-8-16(17(9-13)23(25)26)21-18(24)11-22(15-6-7-15)10-12-1-4-14(20)5-2-12/h1-5,8-9,15H,6-7,10-11H2,(H,21,24)/p+1. The molecule has 1 amide bonds. The summed E-state index contributed by atoms with van der Waals surface area (Å²) in [6, 6.07) is 10.7. The van der Waals surface area contributed by atoms with Crippen LogP contribution in [0, 0.1) is 15.9 Å². The number of nitrogens with one attached hydrogen (secondary N) is 2. The summed E-state index contributed by atoms with van der Waals surface area (Å²) in [5.41, 5.74) is 0.831. The fourth-order valence-corrected chi connectivity index (χ4v) is 3.04. The van der Waals surface area contributed by atoms with E-state index in [9.17, 15) is 19.3 Å². The quantitative estimate of drug-likeness (QED) is 0.574. The molecule has 1 fully saturated rings. The van der Waals surface area contributed by atoms with Crippen LogP contribution in [0.5, 0.6) is 0 Å². The van der Waals surface area contributed by atoms with Crippen LogP contribution in [-0.2, 0) is 11.3 Å². The van der Waals surface area contributed by atoms with Crippen LogP contribution in [-0.4, -0.2) is 23.4 Å². The summed E-state index contributed by atoms with van der Waals surface area (Å²) in [5.74, 6) is -0.603. The van der Waals surface area contributed by atoms with Crippen molar-refractivity contribution in [3.63, 3.8) is 0 Å². The normalized spacial score (nSPS) is 14.7. The van der Waals surface area contributed by atoms with Gasteiger partial charge >= 0.3 is 0 Å². The lowest BCUT2D eigenvalue weighted by Crippen LogP contribution is -3.13. The Morgan fingerprint density at radius 3 is 2.58 bits per heavy atom. The zero-order valence-electron chi connectivity index (χ0n) is 13.9. The number of nitro benzene ring substituents is 1. The largest absolute Gasteiger partial charge is 0.321 e. The fourth-order valence-electron chi connectivity index (χ4n) is 2.87. The van der Waals surface area contributed by atoms with Gasteiger partial charge in [0.05, 0.1) is 11.0 Å². The molecule has 2 aromatic rings. The molecule has 2 N–H and O–H groups in total. The second kappa shape index (κ2) is 7.80. The maximum atomic E-state index is 13.0. The van der Waals surface area contributed by atoms with Crippen LogP contribution in [0.3, 0.4) is 0 Å². The SMILES string of the molecule is O=C(C[NH+](Cc1ccc(F)cc1)C1CC1)Nc1ccc(Cl)cc1[N+](=O)[O-]. The Balaban J connectivity index is 1.67. The van der Waals surface area contributed by atoms with Crippen molar-refractivity contribution >= 4 is 28.9 Å². The van der Waals surface area contributed by atoms with E-state index in [-0.39, 0.29) is 34.7 Å². The molecule has 1 atom stereocenters. The molecule has 1 aliphatic carbocycles. The average Bonchev–Trinajstić information content (AvgIpc) is 3.42. The van der Waals surface area contributed by atoms with Crippen molar-refractivity contribution in [2.24, 2.45) is 0 Å². The maximum Gasteiger partial charge on any atom is 0.294 e. The monoisotopic (exact) mass is 378 g/mol. The number of nitrogens with zero attached hydrogens (tertiary/aromatic N) is 1. The van der Waals surface area contributed by atoms with Crippen LogP contribution in [0.1, 0.15) is 18.4 Å². The van der Waals surface area contributed by atoms with Gasteiger partial charge in [-0.1, -0.05) is 23.7 Å². The smallest absolute Gasteiger partial charge is 0.294 e. The van der Waals surface area contributed by atoms with Gasteiger partial charge in [-0.2, -0.15) is 0 Å². The Hall–Kier alpha value is -2.51. The highest BCUT2D eigenvalue weighted by Crippen LogP contribution is 2.27. The molecule has 1 unspecified atom stereocenters. The van der Waals surface area contributed by atoms with Gasteiger partial charge in [0.15, 0.2) is 6.54 Å². The van der Waals surface area contributed by atoms with Gasteiger partial charge in [0, 0.05) is 29.5 Å². The minimum Gasteiger partial charge on any atom is -0.321 e. The summed E-state index contributed by atoms with van der Waals surface area (Å²) in [6.07, 6.45) is 2.07. The van der Waals surface area contributed by atoms with E-state index in [1.807, 2.05) is 0 Å². The van der Waals surface area contributed by atoms with E-state index in [0.717, 1.165) is 23.3 Å². The maximum absolute atomic E-state index is 13.0. The summed E-state index contributed by atoms with van der Waals surface area (Å²) in [5, 5.41) is 14.0. The van der Waals surface area contributed by atoms with Crippen LogP contribution in [0.2, 0.25) is 5.02 Å². The van der Waals surface area contributed by atoms with Crippen LogP contribution < -0.4 is 10.2 Å². The number of quaternary nitrogens is 1. The van der Waals surface area contributed by atoms with E-state index in [4.69, 9.17) is 11.6 Å². The van der Waals surface area contributed by atoms with Crippen LogP contribution in [0.4, 0.5) is 15.8 Å². The van der Waals surface area contributed by atoms with E-state index >= 15 is 0 Å². The predicted molar refractivity (Wildman–Crippen MR) is 95.7 cm³/mol. The molecule has 26 heavy (non-hydrogen) atoms. The molecule has 1 aliphatic rings. The van der Waals surface area contributed by atoms with Crippen LogP contribution in [0.25, 0.3) is 0 Å². The van der Waals surface area contributed by atoms with Gasteiger partial charge < -0.3 is 10.2 Å². The number of carbonyl (C=O) groups is 1. The van der Waals surface area contributed by atoms with Gasteiger partial charge in [-0.3, -0.25) is 14.9 Å². The number of nitro groups is 1. The van der Waals surface area contributed by atoms with Crippen molar-refractivity contribution < 1.29 is 19.0 Å². The van der Waals surface area contributed by atoms with E-state index in [1.165, 1.54) is 30.3 Å². The minimum absolute atomic E-state index is 0.126. The van der Waals surface area contributed by atoms with Crippen molar-refractivity contribution in [1.29, 1.82) is 0 Å². The lowest BCUT2D eigenvalue weighted by Gasteiger charge is -2.19. The summed E-state index contributed by atoms with van der Waals surface area (Å²) < 4.78 is 13.0. The van der Waals surface area contributed by atoms with Gasteiger partial charge in [-0.15, -0.1) is 0 Å². The van der Waals surface area contributed by atoms with Crippen molar-refractivity contribution in [2.45, 2.75) is 25.4 Å². The molecule has 1 saturated carbocycles. The lowest BCUT2D eigenvalue weighted by atomic mass is 10.2. The third-order valence-electron chi connectivity index (χ3n) is 4.32. The van der Waals surface area contributed by atoms with Gasteiger partial charge in [0.1, 0.15) is 18.0 Å². The molecule has 0 aromatic heterocycles. The van der Waals surface area contributed by atoms with Gasteiger partial charge in [0.25, 0.3) is 11.6 Å². The van der Waals surface area contributed by atoms with Crippen molar-refractivity contribution in [1.82, 2.24) is 0 Å². The predicted octanol–water partition coefficient (Wildman–Crippen LogP) is 2.57. The topological polar surface area (TPSA) is 76.7 Å². The molecular weight excluding hydrogens is 361 g/mol. The summed E-state index contributed by atoms with van der Waals surface area (Å²) in [7, 11) is 0. The first-order valence-corrected chi connectivity index (χ1v) is 8.63. The molecule has 6 nitrogen and oxygen atoms in total. The summed E-state index contributed by atoms with van der Waals surface area (Å²) in [4.78, 5) is 24.0. The number of amides is 1. The molecule has 0 saturated heterocycles. The first-order chi connectivity index (χ1) is 12.4. The van der Waals surface area contributed by atoms with Gasteiger partial charge in [-0.05, 0) is 24.3 Å². The Morgan fingerprint density at radius 1 is 1.27 bits per heavy atom. The zero-order chi connectivity index (χ0) is 18.7. The molecule has 0 aliphatic heterocycles. The van der Waals surface area contributed by atoms with E-state index < -0.39 is 4.92 Å². The fraction of sp³-hybridized carbons (Fsp3) is 0.278. The molecule has 2 aromatic carbocycles. The number of carbonyl (C=O) groups excluding carboxylic acids is 1. The van der Waals surface area contributed by atoms with Crippen molar-refractivity contribution in [3.8, 4) is 0 Å². The number of anilines is 1. The number of hydrogen-bond acceptors (Lipinski definition) is 3. The minimum atomic E-state index is -0.578. The van der Waals surface area contributed by atoms with Crippen molar-refractivity contribution in [3.05, 3.63) is 69.0 Å². The Kier molecular flexibility index (Phi) is 5.49. The number of benzene rings is 2. The van der Waals surface area contributed by atoms with E-state index in [0.29, 0.717) is 12.6 Å². The Bertz CT molecular complexity index is 825. The van der Waals surface area contributed by atoms with Crippen LogP contribution in [0.15, 0.2) is 42.5 Å². The second-order valence-electron chi connectivity index (χ2n) is 6.38. The van der Waals surface area contributed by atoms with Crippen molar-refractivity contribution in [2.75, 3.05) is 11.9 Å². The lowest BCUT2D eigenvalue weighted by molar-refractivity contribution is -0.916. The molecule has 0 bridgehead atoms. The Labute approximate surface area is 154 Å². The van der Waals surface area contributed by atoms with E-state index in [2.05, 4.69) is 5.32 Å². The average molecular weight is 379 g/mol. The molecular formula is C18H18ClFN3O3+. The summed E-state index contributed by atoms with van der Waals surface area (Å²) >= 11 is 5.79. The molecule has 136 valence electrons. The summed E-state index contributed by atoms with van der Waals surface area (Å²) in [6.45, 7) is 0.781. The number of hydrogen-bond donors (Lipinski definition) is 2. The van der Waals surface area contributed by atoms with E-state index in [1.54, 1.807) is 12.1 Å². The highest BCUT2D eigenvalue weighted by molar-refractivity contribution is 6.31. The first-order valence-electron chi connectivity index (χ1n) is 8.25. The molecule has 3 rings (SSSR count). The second-order valence-corrected chi connectivity index (χ2v) is 6.82. The van der Waals surface area contributed by atoms with Gasteiger partial charge in [-0.25, -0.2) is 4.39 Å². The molecule has 0 radical (unpaired) electrons. The zero-order valence-corrected chi connectivity index (χ0v) is 14.6. The third-order valence-corrected chi connectivity index (χ3v) is 4.55. The molecule has 0 heterocycles. The Morgan fingerprint density at radius 2 is 1.96 bits per heavy atom. The highest BCUT2D eigenvalue weighted by atomic mass is 35.5. The first kappa shape index (κ1) is 18.3. The number of halogens is 2.